The lowest BCUT2D eigenvalue weighted by Crippen LogP contribution is -2.16. The fraction of sp³-hybridized carbons (Fsp3) is 0.200. The average molecular weight is 446 g/mol. The van der Waals surface area contributed by atoms with Gasteiger partial charge in [-0.3, -0.25) is 14.9 Å². The van der Waals surface area contributed by atoms with E-state index in [-0.39, 0.29) is 10.6 Å². The number of hydrogen-bond acceptors (Lipinski definition) is 6. The third-order valence-electron chi connectivity index (χ3n) is 4.26. The van der Waals surface area contributed by atoms with Gasteiger partial charge in [0.25, 0.3) is 11.6 Å². The molecule has 2 aromatic carbocycles. The highest BCUT2D eigenvalue weighted by Crippen LogP contribution is 2.22. The number of hydrogen-bond donors (Lipinski definition) is 0. The Balaban J connectivity index is 1.96. The monoisotopic (exact) mass is 445 g/mol. The molecule has 0 aliphatic heterocycles. The van der Waals surface area contributed by atoms with E-state index < -0.39 is 20.7 Å². The van der Waals surface area contributed by atoms with Crippen molar-refractivity contribution >= 4 is 49.1 Å². The van der Waals surface area contributed by atoms with Gasteiger partial charge >= 0.3 is 0 Å². The van der Waals surface area contributed by atoms with Crippen molar-refractivity contribution < 1.29 is 18.1 Å². The summed E-state index contributed by atoms with van der Waals surface area (Å²) >= 11 is 1.25. The predicted molar refractivity (Wildman–Crippen MR) is 116 cm³/mol. The van der Waals surface area contributed by atoms with Gasteiger partial charge in [0.05, 0.1) is 20.0 Å². The number of non-ortho nitro benzene ring substituents is 1. The molecule has 3 aromatic rings. The standard InChI is InChI=1S/C20H19N3O5S2/c1-3-12-22-17-10-9-16(30(2,27)28)13-18(17)29-20(22)21-19(24)11-6-14-4-7-15(8-5-14)23(25)26/h4-11,13H,3,12H2,1-2H3/b11-6+,21-20?. The summed E-state index contributed by atoms with van der Waals surface area (Å²) in [6.07, 6.45) is 4.80. The van der Waals surface area contributed by atoms with Crippen LogP contribution in [0.15, 0.2) is 58.4 Å². The molecular formula is C20H19N3O5S2. The maximum absolute atomic E-state index is 12.4. The van der Waals surface area contributed by atoms with Gasteiger partial charge in [-0.2, -0.15) is 4.99 Å². The van der Waals surface area contributed by atoms with Crippen LogP contribution in [0.5, 0.6) is 0 Å². The first-order valence-corrected chi connectivity index (χ1v) is 11.7. The second kappa shape index (κ2) is 8.72. The minimum absolute atomic E-state index is 0.0255. The van der Waals surface area contributed by atoms with Crippen LogP contribution in [0.4, 0.5) is 5.69 Å². The molecule has 0 radical (unpaired) electrons. The van der Waals surface area contributed by atoms with Crippen LogP contribution in [-0.2, 0) is 21.2 Å². The molecule has 0 spiro atoms. The predicted octanol–water partition coefficient (Wildman–Crippen LogP) is 3.57. The van der Waals surface area contributed by atoms with Crippen molar-refractivity contribution in [1.29, 1.82) is 0 Å². The molecule has 8 nitrogen and oxygen atoms in total. The van der Waals surface area contributed by atoms with Crippen LogP contribution >= 0.6 is 11.3 Å². The van der Waals surface area contributed by atoms with E-state index in [0.29, 0.717) is 16.9 Å². The lowest BCUT2D eigenvalue weighted by atomic mass is 10.2. The molecule has 156 valence electrons. The molecule has 30 heavy (non-hydrogen) atoms. The normalized spacial score (nSPS) is 12.7. The Morgan fingerprint density at radius 2 is 1.93 bits per heavy atom. The van der Waals surface area contributed by atoms with E-state index >= 15 is 0 Å². The number of carbonyl (C=O) groups excluding carboxylic acids is 1. The molecule has 0 N–H and O–H groups in total. The van der Waals surface area contributed by atoms with E-state index in [1.807, 2.05) is 11.5 Å². The number of benzene rings is 2. The van der Waals surface area contributed by atoms with Crippen LogP contribution in [0.2, 0.25) is 0 Å². The average Bonchev–Trinajstić information content (AvgIpc) is 3.02. The number of thiazole rings is 1. The van der Waals surface area contributed by atoms with Crippen molar-refractivity contribution in [2.75, 3.05) is 6.26 Å². The van der Waals surface area contributed by atoms with Crippen LogP contribution in [-0.4, -0.2) is 30.1 Å². The lowest BCUT2D eigenvalue weighted by Gasteiger charge is -2.03. The lowest BCUT2D eigenvalue weighted by molar-refractivity contribution is -0.384. The molecule has 10 heteroatoms. The number of carbonyl (C=O) groups is 1. The number of nitrogens with zero attached hydrogens (tertiary/aromatic N) is 3. The van der Waals surface area contributed by atoms with E-state index in [1.165, 1.54) is 35.6 Å². The Hall–Kier alpha value is -3.11. The molecule has 0 saturated heterocycles. The van der Waals surface area contributed by atoms with Crippen molar-refractivity contribution in [2.24, 2.45) is 4.99 Å². The Bertz CT molecular complexity index is 1320. The molecule has 0 aliphatic carbocycles. The molecule has 0 bridgehead atoms. The van der Waals surface area contributed by atoms with Crippen LogP contribution in [0.25, 0.3) is 16.3 Å². The quantitative estimate of drug-likeness (QED) is 0.327. The van der Waals surface area contributed by atoms with Gasteiger partial charge in [-0.1, -0.05) is 18.3 Å². The maximum Gasteiger partial charge on any atom is 0.272 e. The molecule has 1 amide bonds. The zero-order valence-corrected chi connectivity index (χ0v) is 17.9. The van der Waals surface area contributed by atoms with E-state index in [1.54, 1.807) is 30.3 Å². The van der Waals surface area contributed by atoms with Crippen LogP contribution in [0.1, 0.15) is 18.9 Å². The highest BCUT2D eigenvalue weighted by molar-refractivity contribution is 7.90. The summed E-state index contributed by atoms with van der Waals surface area (Å²) in [6, 6.07) is 10.7. The van der Waals surface area contributed by atoms with Crippen LogP contribution in [0, 0.1) is 10.1 Å². The van der Waals surface area contributed by atoms with Crippen LogP contribution < -0.4 is 4.80 Å². The van der Waals surface area contributed by atoms with Gasteiger partial charge in [-0.15, -0.1) is 0 Å². The number of fused-ring (bicyclic) bond motifs is 1. The first-order chi connectivity index (χ1) is 14.2. The van der Waals surface area contributed by atoms with Crippen LogP contribution in [0.3, 0.4) is 0 Å². The SMILES string of the molecule is CCCn1c(=NC(=O)/C=C/c2ccc([N+](=O)[O-])cc2)sc2cc(S(C)(=O)=O)ccc21. The van der Waals surface area contributed by atoms with Gasteiger partial charge in [0.2, 0.25) is 0 Å². The summed E-state index contributed by atoms with van der Waals surface area (Å²) in [5, 5.41) is 10.7. The molecule has 0 aliphatic rings. The summed E-state index contributed by atoms with van der Waals surface area (Å²) in [7, 11) is -3.33. The minimum atomic E-state index is -3.33. The number of nitro groups is 1. The summed E-state index contributed by atoms with van der Waals surface area (Å²) in [5.41, 5.74) is 1.43. The second-order valence-corrected chi connectivity index (χ2v) is 9.59. The Kier molecular flexibility index (Phi) is 6.28. The van der Waals surface area contributed by atoms with E-state index in [0.717, 1.165) is 22.9 Å². The largest absolute Gasteiger partial charge is 0.316 e. The highest BCUT2D eigenvalue weighted by atomic mass is 32.2. The zero-order valence-electron chi connectivity index (χ0n) is 16.3. The molecule has 3 rings (SSSR count). The first-order valence-electron chi connectivity index (χ1n) is 9.03. The molecule has 0 fully saturated rings. The van der Waals surface area contributed by atoms with Gasteiger partial charge in [0.1, 0.15) is 0 Å². The first kappa shape index (κ1) is 21.6. The second-order valence-electron chi connectivity index (χ2n) is 6.57. The van der Waals surface area contributed by atoms with Crippen molar-refractivity contribution in [3.63, 3.8) is 0 Å². The van der Waals surface area contributed by atoms with Crippen molar-refractivity contribution in [1.82, 2.24) is 4.57 Å². The number of sulfone groups is 1. The summed E-state index contributed by atoms with van der Waals surface area (Å²) < 4.78 is 26.3. The third-order valence-corrected chi connectivity index (χ3v) is 6.41. The smallest absolute Gasteiger partial charge is 0.272 e. The number of aryl methyl sites for hydroxylation is 1. The van der Waals surface area contributed by atoms with Gasteiger partial charge < -0.3 is 4.57 Å². The molecular weight excluding hydrogens is 426 g/mol. The molecule has 0 saturated carbocycles. The van der Waals surface area contributed by atoms with E-state index in [4.69, 9.17) is 0 Å². The Morgan fingerprint density at radius 1 is 1.23 bits per heavy atom. The van der Waals surface area contributed by atoms with Gasteiger partial charge in [0, 0.05) is 31.0 Å². The maximum atomic E-state index is 12.4. The fourth-order valence-electron chi connectivity index (χ4n) is 2.82. The summed E-state index contributed by atoms with van der Waals surface area (Å²) in [6.45, 7) is 2.64. The number of rotatable bonds is 6. The number of amides is 1. The zero-order chi connectivity index (χ0) is 21.9. The molecule has 0 unspecified atom stereocenters. The Labute approximate surface area is 176 Å². The molecule has 1 aromatic heterocycles. The van der Waals surface area contributed by atoms with Gasteiger partial charge in [-0.05, 0) is 48.4 Å². The summed E-state index contributed by atoms with van der Waals surface area (Å²) in [4.78, 5) is 27.4. The highest BCUT2D eigenvalue weighted by Gasteiger charge is 2.12. The molecule has 1 heterocycles. The number of aromatic nitrogens is 1. The van der Waals surface area contributed by atoms with Crippen molar-refractivity contribution in [2.45, 2.75) is 24.8 Å². The minimum Gasteiger partial charge on any atom is -0.316 e. The Morgan fingerprint density at radius 3 is 2.53 bits per heavy atom. The fourth-order valence-corrected chi connectivity index (χ4v) is 4.64. The van der Waals surface area contributed by atoms with E-state index in [2.05, 4.69) is 4.99 Å². The topological polar surface area (TPSA) is 112 Å². The van der Waals surface area contributed by atoms with E-state index in [9.17, 15) is 23.3 Å². The van der Waals surface area contributed by atoms with Crippen molar-refractivity contribution in [3.8, 4) is 0 Å². The van der Waals surface area contributed by atoms with Crippen molar-refractivity contribution in [3.05, 3.63) is 69.0 Å². The molecule has 0 atom stereocenters. The number of nitro benzene ring substituents is 1. The third kappa shape index (κ3) is 4.89. The summed E-state index contributed by atoms with van der Waals surface area (Å²) in [5.74, 6) is -0.479. The van der Waals surface area contributed by atoms with Gasteiger partial charge in [0.15, 0.2) is 14.6 Å². The van der Waals surface area contributed by atoms with Gasteiger partial charge in [-0.25, -0.2) is 8.42 Å².